The van der Waals surface area contributed by atoms with Crippen LogP contribution in [-0.2, 0) is 0 Å². The molecule has 0 aliphatic rings. The van der Waals surface area contributed by atoms with E-state index in [1.54, 1.807) is 48.5 Å². The van der Waals surface area contributed by atoms with Crippen molar-refractivity contribution in [3.8, 4) is 11.5 Å². The fourth-order valence-electron chi connectivity index (χ4n) is 1.92. The standard InChI is InChI=1S/C16H11Cl2N3O2S/c17-12-5-1-10(2-6-12)14(21-22)9-24-16-20-19-15(23-16)11-3-7-13(18)8-4-11/h1-8,22H,9H2/b21-14-. The van der Waals surface area contributed by atoms with E-state index in [0.29, 0.717) is 32.6 Å². The van der Waals surface area contributed by atoms with Gasteiger partial charge in [0.15, 0.2) is 0 Å². The third-order valence-electron chi connectivity index (χ3n) is 3.13. The van der Waals surface area contributed by atoms with E-state index in [4.69, 9.17) is 27.6 Å². The van der Waals surface area contributed by atoms with Crippen LogP contribution in [0.1, 0.15) is 5.56 Å². The minimum atomic E-state index is 0.375. The van der Waals surface area contributed by atoms with E-state index in [1.807, 2.05) is 0 Å². The Hall–Kier alpha value is -2.02. The molecule has 0 saturated carbocycles. The van der Waals surface area contributed by atoms with Crippen molar-refractivity contribution in [3.05, 3.63) is 64.1 Å². The quantitative estimate of drug-likeness (QED) is 0.291. The highest BCUT2D eigenvalue weighted by atomic mass is 35.5. The van der Waals surface area contributed by atoms with Crippen molar-refractivity contribution in [1.29, 1.82) is 0 Å². The van der Waals surface area contributed by atoms with Crippen LogP contribution < -0.4 is 0 Å². The molecule has 8 heteroatoms. The van der Waals surface area contributed by atoms with Crippen molar-refractivity contribution in [2.45, 2.75) is 5.22 Å². The lowest BCUT2D eigenvalue weighted by Crippen LogP contribution is -2.04. The zero-order valence-electron chi connectivity index (χ0n) is 12.2. The minimum Gasteiger partial charge on any atom is -0.411 e. The lowest BCUT2D eigenvalue weighted by molar-refractivity contribution is 0.319. The largest absolute Gasteiger partial charge is 0.411 e. The minimum absolute atomic E-state index is 0.375. The van der Waals surface area contributed by atoms with Crippen LogP contribution in [0.15, 0.2) is 63.3 Å². The summed E-state index contributed by atoms with van der Waals surface area (Å²) in [5.41, 5.74) is 2.04. The second kappa shape index (κ2) is 7.70. The molecule has 0 saturated heterocycles. The highest BCUT2D eigenvalue weighted by Crippen LogP contribution is 2.25. The van der Waals surface area contributed by atoms with Gasteiger partial charge in [-0.15, -0.1) is 10.2 Å². The molecule has 2 aromatic carbocycles. The molecule has 0 aliphatic carbocycles. The van der Waals surface area contributed by atoms with E-state index in [-0.39, 0.29) is 0 Å². The number of hydrogen-bond acceptors (Lipinski definition) is 6. The number of aromatic nitrogens is 2. The van der Waals surface area contributed by atoms with Crippen molar-refractivity contribution < 1.29 is 9.62 Å². The molecule has 5 nitrogen and oxygen atoms in total. The normalized spacial score (nSPS) is 11.7. The lowest BCUT2D eigenvalue weighted by Gasteiger charge is -2.02. The van der Waals surface area contributed by atoms with Crippen LogP contribution in [0.5, 0.6) is 0 Å². The Morgan fingerprint density at radius 1 is 1.00 bits per heavy atom. The number of hydrogen-bond donors (Lipinski definition) is 1. The fourth-order valence-corrected chi connectivity index (χ4v) is 2.89. The van der Waals surface area contributed by atoms with E-state index in [2.05, 4.69) is 15.4 Å². The van der Waals surface area contributed by atoms with Gasteiger partial charge >= 0.3 is 0 Å². The molecule has 1 N–H and O–H groups in total. The molecule has 24 heavy (non-hydrogen) atoms. The molecule has 0 spiro atoms. The Morgan fingerprint density at radius 3 is 2.25 bits per heavy atom. The first-order valence-corrected chi connectivity index (χ1v) is 8.59. The zero-order chi connectivity index (χ0) is 16.9. The van der Waals surface area contributed by atoms with Gasteiger partial charge in [-0.05, 0) is 36.4 Å². The topological polar surface area (TPSA) is 71.5 Å². The van der Waals surface area contributed by atoms with E-state index >= 15 is 0 Å². The van der Waals surface area contributed by atoms with E-state index in [1.165, 1.54) is 11.8 Å². The van der Waals surface area contributed by atoms with Crippen molar-refractivity contribution >= 4 is 40.7 Å². The molecular formula is C16H11Cl2N3O2S. The SMILES string of the molecule is O/N=C(/CSc1nnc(-c2ccc(Cl)cc2)o1)c1ccc(Cl)cc1. The number of oxime groups is 1. The highest BCUT2D eigenvalue weighted by molar-refractivity contribution is 7.99. The molecule has 1 aromatic heterocycles. The van der Waals surface area contributed by atoms with Gasteiger partial charge in [0, 0.05) is 26.9 Å². The Labute approximate surface area is 152 Å². The molecule has 0 amide bonds. The monoisotopic (exact) mass is 379 g/mol. The summed E-state index contributed by atoms with van der Waals surface area (Å²) in [7, 11) is 0. The molecule has 0 unspecified atom stereocenters. The summed E-state index contributed by atoms with van der Waals surface area (Å²) in [5.74, 6) is 0.781. The van der Waals surface area contributed by atoms with E-state index < -0.39 is 0 Å². The summed E-state index contributed by atoms with van der Waals surface area (Å²) < 4.78 is 5.60. The average molecular weight is 380 g/mol. The number of rotatable bonds is 5. The van der Waals surface area contributed by atoms with Gasteiger partial charge in [-0.1, -0.05) is 52.3 Å². The van der Waals surface area contributed by atoms with Crippen molar-refractivity contribution in [2.24, 2.45) is 5.16 Å². The van der Waals surface area contributed by atoms with Crippen LogP contribution in [0.3, 0.4) is 0 Å². The highest BCUT2D eigenvalue weighted by Gasteiger charge is 2.12. The molecule has 0 atom stereocenters. The molecule has 0 radical (unpaired) electrons. The molecule has 3 rings (SSSR count). The maximum atomic E-state index is 9.20. The van der Waals surface area contributed by atoms with Crippen LogP contribution in [0.4, 0.5) is 0 Å². The summed E-state index contributed by atoms with van der Waals surface area (Å²) in [6.07, 6.45) is 0. The maximum Gasteiger partial charge on any atom is 0.277 e. The summed E-state index contributed by atoms with van der Waals surface area (Å²) >= 11 is 13.0. The Bertz CT molecular complexity index is 849. The van der Waals surface area contributed by atoms with Crippen LogP contribution in [-0.4, -0.2) is 26.9 Å². The lowest BCUT2D eigenvalue weighted by atomic mass is 10.1. The molecule has 0 bridgehead atoms. The van der Waals surface area contributed by atoms with Gasteiger partial charge in [0.2, 0.25) is 5.89 Å². The van der Waals surface area contributed by atoms with Gasteiger partial charge < -0.3 is 9.62 Å². The first kappa shape index (κ1) is 16.8. The number of thioether (sulfide) groups is 1. The van der Waals surface area contributed by atoms with Gasteiger partial charge in [-0.3, -0.25) is 0 Å². The van der Waals surface area contributed by atoms with E-state index in [9.17, 15) is 5.21 Å². The summed E-state index contributed by atoms with van der Waals surface area (Å²) in [4.78, 5) is 0. The van der Waals surface area contributed by atoms with Crippen LogP contribution in [0, 0.1) is 0 Å². The first-order chi connectivity index (χ1) is 11.7. The van der Waals surface area contributed by atoms with Crippen molar-refractivity contribution in [1.82, 2.24) is 10.2 Å². The Morgan fingerprint density at radius 2 is 1.62 bits per heavy atom. The van der Waals surface area contributed by atoms with Crippen LogP contribution >= 0.6 is 35.0 Å². The van der Waals surface area contributed by atoms with Crippen molar-refractivity contribution in [3.63, 3.8) is 0 Å². The Balaban J connectivity index is 1.68. The number of nitrogens with zero attached hydrogens (tertiary/aromatic N) is 3. The van der Waals surface area contributed by atoms with Crippen molar-refractivity contribution in [2.75, 3.05) is 5.75 Å². The maximum absolute atomic E-state index is 9.20. The Kier molecular flexibility index (Phi) is 5.40. The predicted octanol–water partition coefficient (Wildman–Crippen LogP) is 5.01. The second-order valence-electron chi connectivity index (χ2n) is 4.72. The molecule has 1 heterocycles. The number of halogens is 2. The van der Waals surface area contributed by atoms with Gasteiger partial charge in [-0.2, -0.15) is 0 Å². The third-order valence-corrected chi connectivity index (χ3v) is 4.46. The van der Waals surface area contributed by atoms with Crippen LogP contribution in [0.2, 0.25) is 10.0 Å². The zero-order valence-corrected chi connectivity index (χ0v) is 14.5. The smallest absolute Gasteiger partial charge is 0.277 e. The van der Waals surface area contributed by atoms with Gasteiger partial charge in [0.1, 0.15) is 0 Å². The fraction of sp³-hybridized carbons (Fsp3) is 0.0625. The molecule has 122 valence electrons. The summed E-state index contributed by atoms with van der Waals surface area (Å²) in [6.45, 7) is 0. The van der Waals surface area contributed by atoms with E-state index in [0.717, 1.165) is 11.1 Å². The molecular weight excluding hydrogens is 369 g/mol. The second-order valence-corrected chi connectivity index (χ2v) is 6.52. The molecule has 0 aliphatic heterocycles. The average Bonchev–Trinajstić information content (AvgIpc) is 3.06. The van der Waals surface area contributed by atoms with Gasteiger partial charge in [-0.25, -0.2) is 0 Å². The third kappa shape index (κ3) is 4.08. The summed E-state index contributed by atoms with van der Waals surface area (Å²) in [5, 5.41) is 22.2. The predicted molar refractivity (Wildman–Crippen MR) is 95.2 cm³/mol. The number of benzene rings is 2. The first-order valence-electron chi connectivity index (χ1n) is 6.85. The van der Waals surface area contributed by atoms with Gasteiger partial charge in [0.25, 0.3) is 5.22 Å². The molecule has 3 aromatic rings. The molecule has 0 fully saturated rings. The van der Waals surface area contributed by atoms with Gasteiger partial charge in [0.05, 0.1) is 5.71 Å². The summed E-state index contributed by atoms with van der Waals surface area (Å²) in [6, 6.07) is 14.2. The van der Waals surface area contributed by atoms with Crippen LogP contribution in [0.25, 0.3) is 11.5 Å².